The lowest BCUT2D eigenvalue weighted by Gasteiger charge is -2.08. The zero-order valence-corrected chi connectivity index (χ0v) is 14.8. The molecule has 0 radical (unpaired) electrons. The number of nitrogens with zero attached hydrogens (tertiary/aromatic N) is 2. The molecule has 0 fully saturated rings. The summed E-state index contributed by atoms with van der Waals surface area (Å²) in [5, 5.41) is 3.40. The van der Waals surface area contributed by atoms with Crippen LogP contribution in [0.15, 0.2) is 42.6 Å². The van der Waals surface area contributed by atoms with Crippen LogP contribution in [0.3, 0.4) is 0 Å². The number of nitrogens with one attached hydrogen (secondary N) is 1. The number of anilines is 1. The second-order valence-corrected chi connectivity index (χ2v) is 6.26. The smallest absolute Gasteiger partial charge is 0.274 e. The van der Waals surface area contributed by atoms with E-state index in [-0.39, 0.29) is 11.7 Å². The Morgan fingerprint density at radius 1 is 1.16 bits per heavy atom. The van der Waals surface area contributed by atoms with Crippen molar-refractivity contribution >= 4 is 34.6 Å². The van der Waals surface area contributed by atoms with Gasteiger partial charge in [-0.2, -0.15) is 0 Å². The number of halogens is 1. The van der Waals surface area contributed by atoms with E-state index in [4.69, 9.17) is 11.6 Å². The summed E-state index contributed by atoms with van der Waals surface area (Å²) >= 11 is 6.08. The van der Waals surface area contributed by atoms with Gasteiger partial charge in [-0.15, -0.1) is 0 Å². The van der Waals surface area contributed by atoms with Crippen LogP contribution in [-0.4, -0.2) is 21.1 Å². The van der Waals surface area contributed by atoms with Gasteiger partial charge < -0.3 is 5.32 Å². The van der Waals surface area contributed by atoms with Crippen molar-refractivity contribution in [1.82, 2.24) is 9.38 Å². The van der Waals surface area contributed by atoms with E-state index in [0.717, 1.165) is 12.1 Å². The summed E-state index contributed by atoms with van der Waals surface area (Å²) in [6, 6.07) is 10.4. The molecule has 128 valence electrons. The summed E-state index contributed by atoms with van der Waals surface area (Å²) < 4.78 is 1.71. The Bertz CT molecular complexity index is 945. The van der Waals surface area contributed by atoms with Crippen molar-refractivity contribution in [1.29, 1.82) is 0 Å². The summed E-state index contributed by atoms with van der Waals surface area (Å²) in [7, 11) is 0. The van der Waals surface area contributed by atoms with Gasteiger partial charge in [0.15, 0.2) is 5.78 Å². The van der Waals surface area contributed by atoms with E-state index >= 15 is 0 Å². The molecule has 2 aromatic heterocycles. The third-order valence-corrected chi connectivity index (χ3v) is 4.13. The van der Waals surface area contributed by atoms with E-state index in [1.54, 1.807) is 47.0 Å². The van der Waals surface area contributed by atoms with Gasteiger partial charge >= 0.3 is 0 Å². The fourth-order valence-corrected chi connectivity index (χ4v) is 2.86. The number of imidazole rings is 1. The van der Waals surface area contributed by atoms with Crippen molar-refractivity contribution in [2.45, 2.75) is 26.7 Å². The van der Waals surface area contributed by atoms with Crippen LogP contribution >= 0.6 is 11.6 Å². The highest BCUT2D eigenvalue weighted by molar-refractivity contribution is 6.30. The zero-order valence-electron chi connectivity index (χ0n) is 14.0. The van der Waals surface area contributed by atoms with Crippen LogP contribution in [0.4, 0.5) is 5.69 Å². The first-order valence-corrected chi connectivity index (χ1v) is 8.46. The molecule has 1 N–H and O–H groups in total. The van der Waals surface area contributed by atoms with Gasteiger partial charge in [-0.3, -0.25) is 14.0 Å². The Hall–Kier alpha value is -2.66. The summed E-state index contributed by atoms with van der Waals surface area (Å²) in [6.07, 6.45) is 3.27. The molecule has 0 atom stereocenters. The highest BCUT2D eigenvalue weighted by Crippen LogP contribution is 2.20. The standard InChI is InChI=1S/C19H18ClN3O2/c1-3-4-16-18(23-11-14(20)7-10-17(23)22-16)19(25)21-15-8-5-13(6-9-15)12(2)24/h5-11H,3-4H2,1-2H3,(H,21,25). The first-order valence-electron chi connectivity index (χ1n) is 8.08. The van der Waals surface area contributed by atoms with Gasteiger partial charge in [-0.25, -0.2) is 4.98 Å². The lowest BCUT2D eigenvalue weighted by molar-refractivity contribution is 0.101. The fourth-order valence-electron chi connectivity index (χ4n) is 2.70. The molecule has 5 nitrogen and oxygen atoms in total. The number of aromatic nitrogens is 2. The molecule has 1 amide bonds. The van der Waals surface area contributed by atoms with Gasteiger partial charge in [-0.05, 0) is 49.7 Å². The number of amides is 1. The molecular formula is C19H18ClN3O2. The number of carbonyl (C=O) groups excluding carboxylic acids is 2. The molecule has 0 saturated carbocycles. The lowest BCUT2D eigenvalue weighted by atomic mass is 10.1. The van der Waals surface area contributed by atoms with E-state index in [9.17, 15) is 9.59 Å². The minimum absolute atomic E-state index is 0.0143. The molecule has 3 rings (SSSR count). The minimum Gasteiger partial charge on any atom is -0.321 e. The number of hydrogen-bond acceptors (Lipinski definition) is 3. The Balaban J connectivity index is 1.96. The Morgan fingerprint density at radius 2 is 1.88 bits per heavy atom. The molecule has 0 bridgehead atoms. The van der Waals surface area contributed by atoms with E-state index in [0.29, 0.717) is 34.0 Å². The van der Waals surface area contributed by atoms with Crippen LogP contribution in [0.25, 0.3) is 5.65 Å². The van der Waals surface area contributed by atoms with Crippen molar-refractivity contribution in [3.05, 3.63) is 64.6 Å². The van der Waals surface area contributed by atoms with Gasteiger partial charge in [-0.1, -0.05) is 24.9 Å². The maximum atomic E-state index is 12.8. The molecule has 3 aromatic rings. The molecule has 0 unspecified atom stereocenters. The maximum Gasteiger partial charge on any atom is 0.274 e. The van der Waals surface area contributed by atoms with Crippen molar-refractivity contribution in [2.24, 2.45) is 0 Å². The van der Waals surface area contributed by atoms with Gasteiger partial charge in [0.2, 0.25) is 0 Å². The predicted molar refractivity (Wildman–Crippen MR) is 98.6 cm³/mol. The first-order chi connectivity index (χ1) is 12.0. The van der Waals surface area contributed by atoms with Gasteiger partial charge in [0.25, 0.3) is 5.91 Å². The van der Waals surface area contributed by atoms with Crippen molar-refractivity contribution < 1.29 is 9.59 Å². The molecule has 2 heterocycles. The molecule has 0 spiro atoms. The largest absolute Gasteiger partial charge is 0.321 e. The second-order valence-electron chi connectivity index (χ2n) is 5.82. The number of fused-ring (bicyclic) bond motifs is 1. The third-order valence-electron chi connectivity index (χ3n) is 3.91. The highest BCUT2D eigenvalue weighted by atomic mass is 35.5. The Kier molecular flexibility index (Phi) is 4.86. The van der Waals surface area contributed by atoms with Crippen LogP contribution < -0.4 is 5.32 Å². The fraction of sp³-hybridized carbons (Fsp3) is 0.211. The molecule has 0 aliphatic carbocycles. The summed E-state index contributed by atoms with van der Waals surface area (Å²) in [4.78, 5) is 28.7. The summed E-state index contributed by atoms with van der Waals surface area (Å²) in [5.41, 5.74) is 3.13. The van der Waals surface area contributed by atoms with Crippen LogP contribution in [0.1, 0.15) is 46.8 Å². The van der Waals surface area contributed by atoms with Gasteiger partial charge in [0.1, 0.15) is 11.3 Å². The number of pyridine rings is 1. The lowest BCUT2D eigenvalue weighted by Crippen LogP contribution is -2.16. The molecule has 6 heteroatoms. The first kappa shape index (κ1) is 17.2. The molecular weight excluding hydrogens is 338 g/mol. The van der Waals surface area contributed by atoms with Gasteiger partial charge in [0, 0.05) is 17.4 Å². The highest BCUT2D eigenvalue weighted by Gasteiger charge is 2.19. The third kappa shape index (κ3) is 3.56. The predicted octanol–water partition coefficient (Wildman–Crippen LogP) is 4.40. The number of hydrogen-bond donors (Lipinski definition) is 1. The molecule has 0 saturated heterocycles. The normalized spacial score (nSPS) is 10.8. The van der Waals surface area contributed by atoms with E-state index in [2.05, 4.69) is 10.3 Å². The molecule has 25 heavy (non-hydrogen) atoms. The Morgan fingerprint density at radius 3 is 2.52 bits per heavy atom. The van der Waals surface area contributed by atoms with Crippen molar-refractivity contribution in [3.63, 3.8) is 0 Å². The minimum atomic E-state index is -0.256. The van der Waals surface area contributed by atoms with E-state index in [1.165, 1.54) is 6.92 Å². The Labute approximate surface area is 150 Å². The van der Waals surface area contributed by atoms with E-state index in [1.807, 2.05) is 6.92 Å². The zero-order chi connectivity index (χ0) is 18.0. The number of rotatable bonds is 5. The number of aryl methyl sites for hydroxylation is 1. The molecule has 0 aliphatic heterocycles. The van der Waals surface area contributed by atoms with Crippen molar-refractivity contribution in [2.75, 3.05) is 5.32 Å². The summed E-state index contributed by atoms with van der Waals surface area (Å²) in [5.74, 6) is -0.270. The maximum absolute atomic E-state index is 12.8. The van der Waals surface area contributed by atoms with Crippen molar-refractivity contribution in [3.8, 4) is 0 Å². The second kappa shape index (κ2) is 7.07. The van der Waals surface area contributed by atoms with Gasteiger partial charge in [0.05, 0.1) is 10.7 Å². The number of Topliss-reactive ketones (excluding diaryl/α,β-unsaturated/α-hetero) is 1. The molecule has 1 aromatic carbocycles. The number of ketones is 1. The van der Waals surface area contributed by atoms with Crippen LogP contribution in [0.5, 0.6) is 0 Å². The van der Waals surface area contributed by atoms with Crippen LogP contribution in [0.2, 0.25) is 5.02 Å². The molecule has 0 aliphatic rings. The average molecular weight is 356 g/mol. The van der Waals surface area contributed by atoms with Crippen LogP contribution in [-0.2, 0) is 6.42 Å². The average Bonchev–Trinajstić information content (AvgIpc) is 2.93. The van der Waals surface area contributed by atoms with E-state index < -0.39 is 0 Å². The number of benzene rings is 1. The number of carbonyl (C=O) groups is 2. The summed E-state index contributed by atoms with van der Waals surface area (Å²) in [6.45, 7) is 3.55. The monoisotopic (exact) mass is 355 g/mol. The SMILES string of the molecule is CCCc1nc2ccc(Cl)cn2c1C(=O)Nc1ccc(C(C)=O)cc1. The topological polar surface area (TPSA) is 63.5 Å². The van der Waals surface area contributed by atoms with Crippen LogP contribution in [0, 0.1) is 0 Å². The quantitative estimate of drug-likeness (QED) is 0.690.